The molecule has 1 aromatic heterocycles. The summed E-state index contributed by atoms with van der Waals surface area (Å²) in [5.74, 6) is 3.57. The zero-order chi connectivity index (χ0) is 17.7. The van der Waals surface area contributed by atoms with E-state index in [-0.39, 0.29) is 11.7 Å². The molecular weight excluding hydrogens is 354 g/mol. The van der Waals surface area contributed by atoms with Crippen LogP contribution in [0, 0.1) is 5.92 Å². The number of nitrogens with zero attached hydrogens (tertiary/aromatic N) is 3. The summed E-state index contributed by atoms with van der Waals surface area (Å²) in [4.78, 5) is 4.72. The molecule has 8 heteroatoms. The number of allylic oxidation sites excluding steroid dienone is 1. The minimum Gasteiger partial charge on any atom is -0.486 e. The first-order chi connectivity index (χ1) is 12.6. The van der Waals surface area contributed by atoms with Crippen LogP contribution in [0.5, 0.6) is 11.5 Å². The Bertz CT molecular complexity index is 992. The number of hydrogen-bond donors (Lipinski definition) is 0. The Hall–Kier alpha value is -2.35. The highest BCUT2D eigenvalue weighted by molar-refractivity contribution is 7.94. The van der Waals surface area contributed by atoms with E-state index in [0.717, 1.165) is 35.9 Å². The topological polar surface area (TPSA) is 83.3 Å². The Morgan fingerprint density at radius 2 is 1.96 bits per heavy atom. The summed E-state index contributed by atoms with van der Waals surface area (Å²) in [6, 6.07) is 5.72. The fourth-order valence-electron chi connectivity index (χ4n) is 3.38. The maximum Gasteiger partial charge on any atom is 0.171 e. The van der Waals surface area contributed by atoms with Gasteiger partial charge in [-0.15, -0.1) is 0 Å². The molecule has 1 aromatic carbocycles. The summed E-state index contributed by atoms with van der Waals surface area (Å²) >= 11 is 0. The van der Waals surface area contributed by atoms with Gasteiger partial charge in [0.05, 0.1) is 11.4 Å². The van der Waals surface area contributed by atoms with Crippen LogP contribution >= 0.6 is 0 Å². The van der Waals surface area contributed by atoms with Gasteiger partial charge >= 0.3 is 0 Å². The van der Waals surface area contributed by atoms with Crippen molar-refractivity contribution in [3.63, 3.8) is 0 Å². The number of sulfone groups is 1. The Labute approximate surface area is 151 Å². The Kier molecular flexibility index (Phi) is 3.56. The van der Waals surface area contributed by atoms with Gasteiger partial charge in [-0.1, -0.05) is 6.08 Å². The summed E-state index contributed by atoms with van der Waals surface area (Å²) in [7, 11) is -3.08. The standard InChI is InChI=1S/C18H19N3O4S/c22-26(23)8-5-12(11-26)9-17-19-18(13-1-2-13)20-21(17)14-3-4-15-16(10-14)25-7-6-24-15/h3-5,8,10,12-13H,1-2,6-7,9,11H2/t12-/m1/s1. The van der Waals surface area contributed by atoms with Crippen molar-refractivity contribution in [3.05, 3.63) is 41.3 Å². The predicted molar refractivity (Wildman–Crippen MR) is 94.4 cm³/mol. The van der Waals surface area contributed by atoms with Crippen molar-refractivity contribution in [2.75, 3.05) is 19.0 Å². The molecule has 3 aliphatic rings. The molecule has 0 amide bonds. The van der Waals surface area contributed by atoms with Gasteiger partial charge in [0.25, 0.3) is 0 Å². The molecule has 1 aliphatic carbocycles. The number of fused-ring (bicyclic) bond motifs is 1. The quantitative estimate of drug-likeness (QED) is 0.815. The third-order valence-corrected chi connectivity index (χ3v) is 6.32. The van der Waals surface area contributed by atoms with Crippen LogP contribution in [0.2, 0.25) is 0 Å². The molecule has 0 bridgehead atoms. The summed E-state index contributed by atoms with van der Waals surface area (Å²) < 4.78 is 36.5. The van der Waals surface area contributed by atoms with Gasteiger partial charge in [-0.2, -0.15) is 5.10 Å². The molecule has 26 heavy (non-hydrogen) atoms. The Morgan fingerprint density at radius 3 is 2.69 bits per heavy atom. The van der Waals surface area contributed by atoms with E-state index in [1.807, 2.05) is 22.9 Å². The second kappa shape index (κ2) is 5.84. The van der Waals surface area contributed by atoms with Crippen molar-refractivity contribution >= 4 is 9.84 Å². The van der Waals surface area contributed by atoms with Gasteiger partial charge in [-0.25, -0.2) is 18.1 Å². The summed E-state index contributed by atoms with van der Waals surface area (Å²) in [5, 5.41) is 6.02. The summed E-state index contributed by atoms with van der Waals surface area (Å²) in [5.41, 5.74) is 0.855. The number of hydrogen-bond acceptors (Lipinski definition) is 6. The van der Waals surface area contributed by atoms with Gasteiger partial charge in [0.1, 0.15) is 19.0 Å². The molecule has 0 spiro atoms. The normalized spacial score (nSPS) is 23.3. The van der Waals surface area contributed by atoms with Crippen molar-refractivity contribution in [1.82, 2.24) is 14.8 Å². The third-order valence-electron chi connectivity index (χ3n) is 4.85. The highest BCUT2D eigenvalue weighted by atomic mass is 32.2. The fourth-order valence-corrected chi connectivity index (χ4v) is 4.78. The third kappa shape index (κ3) is 2.98. The van der Waals surface area contributed by atoms with Crippen LogP contribution in [0.4, 0.5) is 0 Å². The van der Waals surface area contributed by atoms with Gasteiger partial charge in [-0.05, 0) is 30.9 Å². The molecule has 5 rings (SSSR count). The first-order valence-electron chi connectivity index (χ1n) is 8.84. The SMILES string of the molecule is O=S1(=O)C=C[C@H](Cc2nc(C3CC3)nn2-c2ccc3c(c2)OCCO3)C1. The summed E-state index contributed by atoms with van der Waals surface area (Å²) in [6.45, 7) is 1.08. The van der Waals surface area contributed by atoms with E-state index in [1.54, 1.807) is 6.08 Å². The highest BCUT2D eigenvalue weighted by Crippen LogP contribution is 2.39. The van der Waals surface area contributed by atoms with Crippen molar-refractivity contribution < 1.29 is 17.9 Å². The van der Waals surface area contributed by atoms with E-state index >= 15 is 0 Å². The maximum absolute atomic E-state index is 11.7. The van der Waals surface area contributed by atoms with Gasteiger partial charge in [-0.3, -0.25) is 0 Å². The Morgan fingerprint density at radius 1 is 1.15 bits per heavy atom. The van der Waals surface area contributed by atoms with Crippen molar-refractivity contribution in [1.29, 1.82) is 0 Å². The van der Waals surface area contributed by atoms with E-state index in [9.17, 15) is 8.42 Å². The lowest BCUT2D eigenvalue weighted by atomic mass is 10.1. The lowest BCUT2D eigenvalue weighted by Gasteiger charge is -2.19. The highest BCUT2D eigenvalue weighted by Gasteiger charge is 2.31. The zero-order valence-corrected chi connectivity index (χ0v) is 15.0. The van der Waals surface area contributed by atoms with Gasteiger partial charge in [0.2, 0.25) is 0 Å². The Balaban J connectivity index is 1.50. The van der Waals surface area contributed by atoms with Crippen LogP contribution in [0.3, 0.4) is 0 Å². The van der Waals surface area contributed by atoms with Crippen LogP contribution in [-0.2, 0) is 16.3 Å². The minimum atomic E-state index is -3.08. The van der Waals surface area contributed by atoms with Crippen LogP contribution in [0.25, 0.3) is 5.69 Å². The van der Waals surface area contributed by atoms with E-state index in [4.69, 9.17) is 19.6 Å². The number of rotatable bonds is 4. The largest absolute Gasteiger partial charge is 0.486 e. The lowest BCUT2D eigenvalue weighted by molar-refractivity contribution is 0.171. The minimum absolute atomic E-state index is 0.0628. The molecule has 3 heterocycles. The molecule has 1 fully saturated rings. The van der Waals surface area contributed by atoms with Crippen molar-refractivity contribution in [2.24, 2.45) is 5.92 Å². The van der Waals surface area contributed by atoms with Crippen molar-refractivity contribution in [2.45, 2.75) is 25.2 Å². The number of aromatic nitrogens is 3. The smallest absolute Gasteiger partial charge is 0.171 e. The summed E-state index contributed by atoms with van der Waals surface area (Å²) in [6.07, 6.45) is 4.53. The molecule has 0 radical (unpaired) electrons. The van der Waals surface area contributed by atoms with Crippen molar-refractivity contribution in [3.8, 4) is 17.2 Å². The van der Waals surface area contributed by atoms with Crippen LogP contribution in [-0.4, -0.2) is 42.1 Å². The second-order valence-corrected chi connectivity index (χ2v) is 8.95. The lowest BCUT2D eigenvalue weighted by Crippen LogP contribution is -2.16. The van der Waals surface area contributed by atoms with E-state index in [0.29, 0.717) is 31.3 Å². The number of benzene rings is 1. The zero-order valence-electron chi connectivity index (χ0n) is 14.2. The second-order valence-electron chi connectivity index (χ2n) is 7.02. The molecule has 1 saturated carbocycles. The average molecular weight is 373 g/mol. The average Bonchev–Trinajstić information content (AvgIpc) is 3.31. The molecule has 7 nitrogen and oxygen atoms in total. The van der Waals surface area contributed by atoms with Gasteiger partial charge in [0.15, 0.2) is 27.2 Å². The van der Waals surface area contributed by atoms with E-state index < -0.39 is 9.84 Å². The molecule has 1 atom stereocenters. The monoisotopic (exact) mass is 373 g/mol. The number of ether oxygens (including phenoxy) is 2. The molecule has 136 valence electrons. The van der Waals surface area contributed by atoms with Crippen LogP contribution in [0.15, 0.2) is 29.7 Å². The molecule has 2 aliphatic heterocycles. The molecule has 0 saturated heterocycles. The maximum atomic E-state index is 11.7. The molecular formula is C18H19N3O4S. The first kappa shape index (κ1) is 15.9. The molecule has 0 N–H and O–H groups in total. The fraction of sp³-hybridized carbons (Fsp3) is 0.444. The van der Waals surface area contributed by atoms with E-state index in [2.05, 4.69) is 0 Å². The molecule has 2 aromatic rings. The van der Waals surface area contributed by atoms with Crippen LogP contribution in [0.1, 0.15) is 30.4 Å². The first-order valence-corrected chi connectivity index (χ1v) is 10.6. The molecule has 0 unspecified atom stereocenters. The predicted octanol–water partition coefficient (Wildman–Crippen LogP) is 2.02. The van der Waals surface area contributed by atoms with E-state index in [1.165, 1.54) is 5.41 Å². The van der Waals surface area contributed by atoms with Gasteiger partial charge in [0, 0.05) is 23.8 Å². The van der Waals surface area contributed by atoms with Gasteiger partial charge < -0.3 is 9.47 Å². The van der Waals surface area contributed by atoms with Crippen LogP contribution < -0.4 is 9.47 Å².